The molecule has 0 heterocycles. The fourth-order valence-corrected chi connectivity index (χ4v) is 1.65. The molecule has 0 saturated heterocycles. The van der Waals surface area contributed by atoms with Crippen LogP contribution in [0.4, 0.5) is 13.2 Å². The van der Waals surface area contributed by atoms with Crippen LogP contribution >= 0.6 is 31.9 Å². The van der Waals surface area contributed by atoms with Crippen LogP contribution in [0.25, 0.3) is 0 Å². The molecule has 1 rings (SSSR count). The second-order valence-corrected chi connectivity index (χ2v) is 4.49. The standard InChI is InChI=1S/C9H7Br2F3/c10-5-8(11)6-1-3-7(4-2-6)9(12,13)14/h1-4,8H,5H2. The fourth-order valence-electron chi connectivity index (χ4n) is 0.970. The van der Waals surface area contributed by atoms with Crippen molar-refractivity contribution in [1.82, 2.24) is 0 Å². The molecule has 0 amide bonds. The van der Waals surface area contributed by atoms with Gasteiger partial charge in [0.2, 0.25) is 0 Å². The summed E-state index contributed by atoms with van der Waals surface area (Å²) in [6.45, 7) is 0. The van der Waals surface area contributed by atoms with Crippen LogP contribution in [0.5, 0.6) is 0 Å². The molecule has 0 nitrogen and oxygen atoms in total. The first-order chi connectivity index (χ1) is 6.45. The first kappa shape index (κ1) is 12.0. The Labute approximate surface area is 96.8 Å². The summed E-state index contributed by atoms with van der Waals surface area (Å²) in [4.78, 5) is 0.0461. The lowest BCUT2D eigenvalue weighted by molar-refractivity contribution is -0.137. The van der Waals surface area contributed by atoms with E-state index in [1.807, 2.05) is 0 Å². The average Bonchev–Trinajstić information content (AvgIpc) is 2.15. The van der Waals surface area contributed by atoms with Gasteiger partial charge in [-0.25, -0.2) is 0 Å². The molecular weight excluding hydrogens is 325 g/mol. The molecular formula is C9H7Br2F3. The minimum absolute atomic E-state index is 0.0461. The van der Waals surface area contributed by atoms with Crippen LogP contribution in [0.15, 0.2) is 24.3 Å². The first-order valence-electron chi connectivity index (χ1n) is 3.82. The molecule has 1 unspecified atom stereocenters. The van der Waals surface area contributed by atoms with E-state index in [1.54, 1.807) is 0 Å². The predicted octanol–water partition coefficient (Wildman–Crippen LogP) is 4.54. The quantitative estimate of drug-likeness (QED) is 0.698. The van der Waals surface area contributed by atoms with Crippen LogP contribution in [0.3, 0.4) is 0 Å². The third-order valence-electron chi connectivity index (χ3n) is 1.74. The van der Waals surface area contributed by atoms with E-state index >= 15 is 0 Å². The zero-order chi connectivity index (χ0) is 10.8. The van der Waals surface area contributed by atoms with Gasteiger partial charge in [0, 0.05) is 10.2 Å². The number of rotatable bonds is 2. The molecule has 1 aromatic carbocycles. The summed E-state index contributed by atoms with van der Waals surface area (Å²) >= 11 is 6.57. The van der Waals surface area contributed by atoms with Gasteiger partial charge in [-0.05, 0) is 17.7 Å². The minimum Gasteiger partial charge on any atom is -0.166 e. The highest BCUT2D eigenvalue weighted by Gasteiger charge is 2.30. The molecule has 0 aromatic heterocycles. The third kappa shape index (κ3) is 2.98. The second kappa shape index (κ2) is 4.66. The van der Waals surface area contributed by atoms with E-state index in [-0.39, 0.29) is 4.83 Å². The average molecular weight is 332 g/mol. The first-order valence-corrected chi connectivity index (χ1v) is 5.86. The van der Waals surface area contributed by atoms with Crippen molar-refractivity contribution in [2.75, 3.05) is 5.33 Å². The Morgan fingerprint density at radius 3 is 2.00 bits per heavy atom. The maximum Gasteiger partial charge on any atom is 0.416 e. The van der Waals surface area contributed by atoms with Gasteiger partial charge in [-0.2, -0.15) is 13.2 Å². The molecule has 0 aliphatic heterocycles. The number of benzene rings is 1. The molecule has 1 aromatic rings. The summed E-state index contributed by atoms with van der Waals surface area (Å²) in [7, 11) is 0. The van der Waals surface area contributed by atoms with Gasteiger partial charge in [-0.15, -0.1) is 0 Å². The number of hydrogen-bond acceptors (Lipinski definition) is 0. The highest BCUT2D eigenvalue weighted by atomic mass is 79.9. The maximum absolute atomic E-state index is 12.2. The summed E-state index contributed by atoms with van der Waals surface area (Å²) in [6, 6.07) is 5.13. The predicted molar refractivity (Wildman–Crippen MR) is 56.9 cm³/mol. The Morgan fingerprint density at radius 1 is 1.14 bits per heavy atom. The van der Waals surface area contributed by atoms with Crippen molar-refractivity contribution in [3.8, 4) is 0 Å². The molecule has 0 fully saturated rings. The summed E-state index contributed by atoms with van der Waals surface area (Å²) in [6.07, 6.45) is -4.26. The lowest BCUT2D eigenvalue weighted by atomic mass is 10.1. The van der Waals surface area contributed by atoms with Crippen molar-refractivity contribution >= 4 is 31.9 Å². The summed E-state index contributed by atoms with van der Waals surface area (Å²) in [5.74, 6) is 0. The molecule has 0 saturated carbocycles. The zero-order valence-electron chi connectivity index (χ0n) is 6.98. The molecule has 0 aliphatic carbocycles. The van der Waals surface area contributed by atoms with Crippen LogP contribution in [0.1, 0.15) is 16.0 Å². The molecule has 5 heteroatoms. The molecule has 0 bridgehead atoms. The van der Waals surface area contributed by atoms with Crippen molar-refractivity contribution in [3.05, 3.63) is 35.4 Å². The fraction of sp³-hybridized carbons (Fsp3) is 0.333. The van der Waals surface area contributed by atoms with Gasteiger partial charge >= 0.3 is 6.18 Å². The number of hydrogen-bond donors (Lipinski definition) is 0. The lowest BCUT2D eigenvalue weighted by Gasteiger charge is -2.09. The Hall–Kier alpha value is -0.0300. The lowest BCUT2D eigenvalue weighted by Crippen LogP contribution is -2.04. The SMILES string of the molecule is FC(F)(F)c1ccc(C(Br)CBr)cc1. The molecule has 0 aliphatic rings. The van der Waals surface area contributed by atoms with Gasteiger partial charge in [0.15, 0.2) is 0 Å². The summed E-state index contributed by atoms with van der Waals surface area (Å²) < 4.78 is 36.5. The van der Waals surface area contributed by atoms with E-state index in [2.05, 4.69) is 31.9 Å². The van der Waals surface area contributed by atoms with Gasteiger partial charge in [0.1, 0.15) is 0 Å². The smallest absolute Gasteiger partial charge is 0.166 e. The van der Waals surface area contributed by atoms with Gasteiger partial charge in [-0.3, -0.25) is 0 Å². The summed E-state index contributed by atoms with van der Waals surface area (Å²) in [5, 5.41) is 0.665. The van der Waals surface area contributed by atoms with E-state index in [4.69, 9.17) is 0 Å². The third-order valence-corrected chi connectivity index (χ3v) is 4.10. The second-order valence-electron chi connectivity index (χ2n) is 2.74. The van der Waals surface area contributed by atoms with E-state index in [0.29, 0.717) is 5.33 Å². The van der Waals surface area contributed by atoms with Crippen LogP contribution in [-0.2, 0) is 6.18 Å². The zero-order valence-corrected chi connectivity index (χ0v) is 10.2. The normalized spacial score (nSPS) is 14.1. The highest BCUT2D eigenvalue weighted by Crippen LogP contribution is 2.31. The molecule has 0 radical (unpaired) electrons. The number of halogens is 5. The summed E-state index contributed by atoms with van der Waals surface area (Å²) in [5.41, 5.74) is 0.213. The Balaban J connectivity index is 2.89. The number of alkyl halides is 5. The van der Waals surface area contributed by atoms with Crippen molar-refractivity contribution < 1.29 is 13.2 Å². The molecule has 14 heavy (non-hydrogen) atoms. The van der Waals surface area contributed by atoms with E-state index in [9.17, 15) is 13.2 Å². The van der Waals surface area contributed by atoms with Crippen LogP contribution in [0.2, 0.25) is 0 Å². The molecule has 0 N–H and O–H groups in total. The van der Waals surface area contributed by atoms with Gasteiger partial charge in [-0.1, -0.05) is 44.0 Å². The van der Waals surface area contributed by atoms with Crippen molar-refractivity contribution in [2.45, 2.75) is 11.0 Å². The largest absolute Gasteiger partial charge is 0.416 e. The van der Waals surface area contributed by atoms with Crippen molar-refractivity contribution in [2.24, 2.45) is 0 Å². The van der Waals surface area contributed by atoms with Crippen molar-refractivity contribution in [1.29, 1.82) is 0 Å². The van der Waals surface area contributed by atoms with Gasteiger partial charge in [0.25, 0.3) is 0 Å². The van der Waals surface area contributed by atoms with E-state index < -0.39 is 11.7 Å². The van der Waals surface area contributed by atoms with Gasteiger partial charge < -0.3 is 0 Å². The van der Waals surface area contributed by atoms with Crippen LogP contribution in [-0.4, -0.2) is 5.33 Å². The monoisotopic (exact) mass is 330 g/mol. The maximum atomic E-state index is 12.2. The minimum atomic E-state index is -4.26. The molecule has 1 atom stereocenters. The highest BCUT2D eigenvalue weighted by molar-refractivity contribution is 9.12. The molecule has 0 spiro atoms. The van der Waals surface area contributed by atoms with Crippen LogP contribution in [0, 0.1) is 0 Å². The van der Waals surface area contributed by atoms with Gasteiger partial charge in [0.05, 0.1) is 5.56 Å². The Morgan fingerprint density at radius 2 is 1.64 bits per heavy atom. The molecule has 78 valence electrons. The van der Waals surface area contributed by atoms with Crippen molar-refractivity contribution in [3.63, 3.8) is 0 Å². The Kier molecular flexibility index (Phi) is 4.01. The van der Waals surface area contributed by atoms with Crippen LogP contribution < -0.4 is 0 Å². The topological polar surface area (TPSA) is 0 Å². The Bertz CT molecular complexity index is 292. The van der Waals surface area contributed by atoms with E-state index in [0.717, 1.165) is 17.7 Å². The van der Waals surface area contributed by atoms with E-state index in [1.165, 1.54) is 12.1 Å².